The van der Waals surface area contributed by atoms with Crippen molar-refractivity contribution in [3.63, 3.8) is 0 Å². The fraction of sp³-hybridized carbons (Fsp3) is 0.0714. The van der Waals surface area contributed by atoms with E-state index in [1.54, 1.807) is 12.1 Å². The minimum Gasteiger partial charge on any atom is -0.508 e. The molecule has 0 spiro atoms. The van der Waals surface area contributed by atoms with E-state index in [9.17, 15) is 14.3 Å². The van der Waals surface area contributed by atoms with Gasteiger partial charge in [-0.25, -0.2) is 4.39 Å². The van der Waals surface area contributed by atoms with Gasteiger partial charge in [0.2, 0.25) is 5.91 Å². The van der Waals surface area contributed by atoms with E-state index in [-0.39, 0.29) is 23.1 Å². The summed E-state index contributed by atoms with van der Waals surface area (Å²) in [6, 6.07) is 10.4. The van der Waals surface area contributed by atoms with Crippen molar-refractivity contribution in [2.75, 3.05) is 5.32 Å². The zero-order valence-corrected chi connectivity index (χ0v) is 10.6. The van der Waals surface area contributed by atoms with Crippen LogP contribution in [0.2, 0.25) is 5.02 Å². The van der Waals surface area contributed by atoms with Crippen LogP contribution >= 0.6 is 11.6 Å². The molecule has 0 heterocycles. The van der Waals surface area contributed by atoms with Gasteiger partial charge in [-0.1, -0.05) is 23.7 Å². The smallest absolute Gasteiger partial charge is 0.228 e. The highest BCUT2D eigenvalue weighted by Crippen LogP contribution is 2.19. The summed E-state index contributed by atoms with van der Waals surface area (Å²) >= 11 is 5.62. The number of benzene rings is 2. The molecule has 98 valence electrons. The van der Waals surface area contributed by atoms with Crippen molar-refractivity contribution in [3.8, 4) is 5.75 Å². The van der Waals surface area contributed by atoms with Crippen molar-refractivity contribution in [1.29, 1.82) is 0 Å². The summed E-state index contributed by atoms with van der Waals surface area (Å²) in [6.07, 6.45) is 0.114. The van der Waals surface area contributed by atoms with E-state index in [0.29, 0.717) is 11.3 Å². The molecule has 2 rings (SSSR count). The average molecular weight is 280 g/mol. The van der Waals surface area contributed by atoms with Crippen molar-refractivity contribution in [1.82, 2.24) is 0 Å². The maximum atomic E-state index is 13.0. The first-order valence-electron chi connectivity index (χ1n) is 5.57. The van der Waals surface area contributed by atoms with Crippen LogP contribution in [0.1, 0.15) is 5.56 Å². The van der Waals surface area contributed by atoms with Crippen LogP contribution in [0.5, 0.6) is 5.75 Å². The van der Waals surface area contributed by atoms with Gasteiger partial charge in [0, 0.05) is 5.69 Å². The van der Waals surface area contributed by atoms with E-state index in [2.05, 4.69) is 5.32 Å². The second-order valence-electron chi connectivity index (χ2n) is 4.02. The van der Waals surface area contributed by atoms with E-state index in [1.807, 2.05) is 0 Å². The summed E-state index contributed by atoms with van der Waals surface area (Å²) in [7, 11) is 0. The fourth-order valence-electron chi connectivity index (χ4n) is 1.63. The van der Waals surface area contributed by atoms with Gasteiger partial charge in [0.15, 0.2) is 0 Å². The first-order valence-corrected chi connectivity index (χ1v) is 5.95. The van der Waals surface area contributed by atoms with Crippen molar-refractivity contribution < 1.29 is 14.3 Å². The Balaban J connectivity index is 2.03. The lowest BCUT2D eigenvalue weighted by atomic mass is 10.1. The fourth-order valence-corrected chi connectivity index (χ4v) is 1.81. The standard InChI is InChI=1S/C14H11ClFNO2/c15-12-8-10(4-5-13(12)16)17-14(19)7-9-2-1-3-11(18)6-9/h1-6,8,18H,7H2,(H,17,19). The van der Waals surface area contributed by atoms with Crippen LogP contribution in [-0.2, 0) is 11.2 Å². The highest BCUT2D eigenvalue weighted by Gasteiger charge is 2.06. The highest BCUT2D eigenvalue weighted by atomic mass is 35.5. The molecule has 19 heavy (non-hydrogen) atoms. The monoisotopic (exact) mass is 279 g/mol. The van der Waals surface area contributed by atoms with Crippen molar-refractivity contribution in [2.45, 2.75) is 6.42 Å². The molecule has 5 heteroatoms. The van der Waals surface area contributed by atoms with E-state index < -0.39 is 5.82 Å². The van der Waals surface area contributed by atoms with E-state index in [0.717, 1.165) is 0 Å². The Morgan fingerprint density at radius 1 is 1.26 bits per heavy atom. The second-order valence-corrected chi connectivity index (χ2v) is 4.43. The predicted molar refractivity (Wildman–Crippen MR) is 71.9 cm³/mol. The van der Waals surface area contributed by atoms with Gasteiger partial charge in [0.25, 0.3) is 0 Å². The third-order valence-electron chi connectivity index (χ3n) is 2.48. The van der Waals surface area contributed by atoms with Crippen molar-refractivity contribution in [3.05, 3.63) is 58.9 Å². The largest absolute Gasteiger partial charge is 0.508 e. The van der Waals surface area contributed by atoms with Crippen molar-refractivity contribution in [2.24, 2.45) is 0 Å². The maximum absolute atomic E-state index is 13.0. The summed E-state index contributed by atoms with van der Waals surface area (Å²) in [5, 5.41) is 11.9. The van der Waals surface area contributed by atoms with Gasteiger partial charge in [0.05, 0.1) is 11.4 Å². The molecule has 0 aromatic heterocycles. The number of nitrogens with one attached hydrogen (secondary N) is 1. The van der Waals surface area contributed by atoms with Crippen LogP contribution < -0.4 is 5.32 Å². The number of halogens is 2. The number of phenols is 1. The van der Waals surface area contributed by atoms with Gasteiger partial charge in [0.1, 0.15) is 11.6 Å². The number of carbonyl (C=O) groups is 1. The summed E-state index contributed by atoms with van der Waals surface area (Å²) in [5.41, 5.74) is 1.11. The molecular weight excluding hydrogens is 269 g/mol. The molecule has 0 atom stereocenters. The van der Waals surface area contributed by atoms with E-state index >= 15 is 0 Å². The Hall–Kier alpha value is -2.07. The summed E-state index contributed by atoms with van der Waals surface area (Å²) in [4.78, 5) is 11.8. The molecular formula is C14H11ClFNO2. The van der Waals surface area contributed by atoms with E-state index in [4.69, 9.17) is 11.6 Å². The summed E-state index contributed by atoms with van der Waals surface area (Å²) < 4.78 is 13.0. The molecule has 1 amide bonds. The van der Waals surface area contributed by atoms with Crippen molar-refractivity contribution >= 4 is 23.2 Å². The van der Waals surface area contributed by atoms with Crippen LogP contribution in [0.25, 0.3) is 0 Å². The first-order chi connectivity index (χ1) is 9.04. The minimum atomic E-state index is -0.535. The molecule has 0 saturated carbocycles. The lowest BCUT2D eigenvalue weighted by Crippen LogP contribution is -2.14. The zero-order chi connectivity index (χ0) is 13.8. The molecule has 0 bridgehead atoms. The Labute approximate surface area is 114 Å². The maximum Gasteiger partial charge on any atom is 0.228 e. The van der Waals surface area contributed by atoms with Gasteiger partial charge in [-0.15, -0.1) is 0 Å². The minimum absolute atomic E-state index is 0.0462. The van der Waals surface area contributed by atoms with Gasteiger partial charge >= 0.3 is 0 Å². The number of phenolic OH excluding ortho intramolecular Hbond substituents is 1. The van der Waals surface area contributed by atoms with Crippen LogP contribution in [0, 0.1) is 5.82 Å². The second kappa shape index (κ2) is 5.71. The quantitative estimate of drug-likeness (QED) is 0.905. The SMILES string of the molecule is O=C(Cc1cccc(O)c1)Nc1ccc(F)c(Cl)c1. The number of hydrogen-bond acceptors (Lipinski definition) is 2. The number of carbonyl (C=O) groups excluding carboxylic acids is 1. The Kier molecular flexibility index (Phi) is 4.02. The van der Waals surface area contributed by atoms with Gasteiger partial charge < -0.3 is 10.4 Å². The molecule has 3 nitrogen and oxygen atoms in total. The molecule has 0 saturated heterocycles. The molecule has 0 aliphatic rings. The molecule has 0 aliphatic carbocycles. The number of hydrogen-bond donors (Lipinski definition) is 2. The van der Waals surface area contributed by atoms with Crippen LogP contribution in [0.15, 0.2) is 42.5 Å². The van der Waals surface area contributed by atoms with Crippen LogP contribution in [-0.4, -0.2) is 11.0 Å². The summed E-state index contributed by atoms with van der Waals surface area (Å²) in [6.45, 7) is 0. The molecule has 2 aromatic carbocycles. The van der Waals surface area contributed by atoms with Gasteiger partial charge in [-0.3, -0.25) is 4.79 Å². The molecule has 2 aromatic rings. The third-order valence-corrected chi connectivity index (χ3v) is 2.77. The van der Waals surface area contributed by atoms with Gasteiger partial charge in [-0.2, -0.15) is 0 Å². The van der Waals surface area contributed by atoms with Crippen LogP contribution in [0.3, 0.4) is 0 Å². The predicted octanol–water partition coefficient (Wildman–Crippen LogP) is 3.37. The highest BCUT2D eigenvalue weighted by molar-refractivity contribution is 6.31. The molecule has 2 N–H and O–H groups in total. The lowest BCUT2D eigenvalue weighted by Gasteiger charge is -2.06. The zero-order valence-electron chi connectivity index (χ0n) is 9.86. The van der Waals surface area contributed by atoms with E-state index in [1.165, 1.54) is 30.3 Å². The molecule has 0 aliphatic heterocycles. The Morgan fingerprint density at radius 2 is 2.05 bits per heavy atom. The lowest BCUT2D eigenvalue weighted by molar-refractivity contribution is -0.115. The number of amides is 1. The molecule has 0 fully saturated rings. The average Bonchev–Trinajstić information content (AvgIpc) is 2.34. The Bertz CT molecular complexity index is 616. The van der Waals surface area contributed by atoms with Gasteiger partial charge in [-0.05, 0) is 35.9 Å². The first kappa shape index (κ1) is 13.4. The molecule has 0 unspecified atom stereocenters. The number of anilines is 1. The third kappa shape index (κ3) is 3.69. The topological polar surface area (TPSA) is 49.3 Å². The normalized spacial score (nSPS) is 10.2. The Morgan fingerprint density at radius 3 is 2.74 bits per heavy atom. The summed E-state index contributed by atoms with van der Waals surface area (Å²) in [5.74, 6) is -0.698. The molecule has 0 radical (unpaired) electrons. The van der Waals surface area contributed by atoms with Crippen LogP contribution in [0.4, 0.5) is 10.1 Å². The number of aromatic hydroxyl groups is 1. The number of rotatable bonds is 3.